The van der Waals surface area contributed by atoms with Crippen LogP contribution in [0, 0.1) is 0 Å². The largest absolute Gasteiger partial charge is 0.396 e. The smallest absolute Gasteiger partial charge is 0.0614 e. The first-order chi connectivity index (χ1) is 4.27. The van der Waals surface area contributed by atoms with Gasteiger partial charge in [0, 0.05) is 19.3 Å². The van der Waals surface area contributed by atoms with Crippen molar-refractivity contribution in [2.75, 3.05) is 19.8 Å². The molecule has 0 aliphatic heterocycles. The molecule has 56 valence electrons. The molecule has 0 unspecified atom stereocenters. The summed E-state index contributed by atoms with van der Waals surface area (Å²) in [6.07, 6.45) is 0.701. The Labute approximate surface area is 55.8 Å². The van der Waals surface area contributed by atoms with Gasteiger partial charge in [0.25, 0.3) is 0 Å². The first-order valence-corrected chi connectivity index (χ1v) is 3.21. The Morgan fingerprint density at radius 3 is 2.78 bits per heavy atom. The number of rotatable bonds is 5. The van der Waals surface area contributed by atoms with Crippen LogP contribution in [-0.2, 0) is 4.74 Å². The van der Waals surface area contributed by atoms with Gasteiger partial charge < -0.3 is 15.6 Å². The van der Waals surface area contributed by atoms with E-state index in [-0.39, 0.29) is 12.6 Å². The molecule has 0 amide bonds. The van der Waals surface area contributed by atoms with Crippen molar-refractivity contribution < 1.29 is 9.84 Å². The Balaban J connectivity index is 2.75. The highest BCUT2D eigenvalue weighted by Crippen LogP contribution is 1.82. The molecule has 1 atom stereocenters. The number of nitrogens with two attached hydrogens (primary N) is 1. The van der Waals surface area contributed by atoms with Gasteiger partial charge in [-0.2, -0.15) is 0 Å². The highest BCUT2D eigenvalue weighted by molar-refractivity contribution is 4.47. The van der Waals surface area contributed by atoms with Gasteiger partial charge in [0.2, 0.25) is 0 Å². The minimum absolute atomic E-state index is 0.101. The summed E-state index contributed by atoms with van der Waals surface area (Å²) in [4.78, 5) is 0. The minimum atomic E-state index is 0.101. The summed E-state index contributed by atoms with van der Waals surface area (Å²) in [5.41, 5.74) is 5.39. The first kappa shape index (κ1) is 8.88. The third-order valence-electron chi connectivity index (χ3n) is 0.828. The van der Waals surface area contributed by atoms with Crippen LogP contribution in [-0.4, -0.2) is 31.0 Å². The summed E-state index contributed by atoms with van der Waals surface area (Å²) < 4.78 is 5.05. The van der Waals surface area contributed by atoms with E-state index in [4.69, 9.17) is 15.6 Å². The van der Waals surface area contributed by atoms with Crippen LogP contribution in [0.4, 0.5) is 0 Å². The van der Waals surface area contributed by atoms with Gasteiger partial charge in [0.05, 0.1) is 6.61 Å². The molecule has 0 aliphatic rings. The highest BCUT2D eigenvalue weighted by Gasteiger charge is 1.91. The lowest BCUT2D eigenvalue weighted by Gasteiger charge is -2.04. The molecule has 0 saturated carbocycles. The average molecular weight is 133 g/mol. The van der Waals surface area contributed by atoms with E-state index in [0.717, 1.165) is 0 Å². The molecule has 9 heavy (non-hydrogen) atoms. The summed E-state index contributed by atoms with van der Waals surface area (Å²) in [6.45, 7) is 3.27. The monoisotopic (exact) mass is 133 g/mol. The number of hydrogen-bond donors (Lipinski definition) is 2. The molecule has 0 bridgehead atoms. The summed E-state index contributed by atoms with van der Waals surface area (Å²) >= 11 is 0. The molecule has 0 aromatic carbocycles. The molecule has 0 heterocycles. The van der Waals surface area contributed by atoms with Crippen LogP contribution in [0.1, 0.15) is 13.3 Å². The Kier molecular flexibility index (Phi) is 5.93. The van der Waals surface area contributed by atoms with Crippen LogP contribution < -0.4 is 5.73 Å². The highest BCUT2D eigenvalue weighted by atomic mass is 16.5. The SMILES string of the molecule is C[C@@H](N)COCCCO. The normalized spacial score (nSPS) is 13.7. The lowest BCUT2D eigenvalue weighted by Crippen LogP contribution is -2.22. The predicted octanol–water partition coefficient (Wildman–Crippen LogP) is -0.267. The molecule has 0 aliphatic carbocycles. The molecule has 0 aromatic rings. The lowest BCUT2D eigenvalue weighted by molar-refractivity contribution is 0.108. The van der Waals surface area contributed by atoms with Crippen LogP contribution in [0.3, 0.4) is 0 Å². The number of aliphatic hydroxyl groups excluding tert-OH is 1. The standard InChI is InChI=1S/C6H15NO2/c1-6(7)5-9-4-2-3-8/h6,8H,2-5,7H2,1H3/t6-/m1/s1. The van der Waals surface area contributed by atoms with E-state index in [1.807, 2.05) is 6.92 Å². The van der Waals surface area contributed by atoms with Crippen molar-refractivity contribution in [2.24, 2.45) is 5.73 Å². The van der Waals surface area contributed by atoms with Crippen molar-refractivity contribution >= 4 is 0 Å². The zero-order valence-corrected chi connectivity index (χ0v) is 5.84. The zero-order valence-electron chi connectivity index (χ0n) is 5.84. The maximum Gasteiger partial charge on any atom is 0.0614 e. The van der Waals surface area contributed by atoms with Crippen molar-refractivity contribution in [3.8, 4) is 0 Å². The van der Waals surface area contributed by atoms with Gasteiger partial charge in [-0.25, -0.2) is 0 Å². The van der Waals surface area contributed by atoms with Crippen LogP contribution in [0.5, 0.6) is 0 Å². The molecular formula is C6H15NO2. The summed E-state index contributed by atoms with van der Waals surface area (Å²) in [5.74, 6) is 0. The Hall–Kier alpha value is -0.120. The van der Waals surface area contributed by atoms with Gasteiger partial charge >= 0.3 is 0 Å². The number of ether oxygens (including phenoxy) is 1. The second-order valence-electron chi connectivity index (χ2n) is 2.13. The van der Waals surface area contributed by atoms with E-state index < -0.39 is 0 Å². The van der Waals surface area contributed by atoms with Gasteiger partial charge in [-0.3, -0.25) is 0 Å². The molecule has 3 N–H and O–H groups in total. The van der Waals surface area contributed by atoms with Crippen LogP contribution in [0.2, 0.25) is 0 Å². The van der Waals surface area contributed by atoms with Crippen molar-refractivity contribution in [2.45, 2.75) is 19.4 Å². The Morgan fingerprint density at radius 2 is 2.33 bits per heavy atom. The summed E-state index contributed by atoms with van der Waals surface area (Å²) in [6, 6.07) is 0.101. The minimum Gasteiger partial charge on any atom is -0.396 e. The molecule has 3 nitrogen and oxygen atoms in total. The summed E-state index contributed by atoms with van der Waals surface area (Å²) in [7, 11) is 0. The van der Waals surface area contributed by atoms with Gasteiger partial charge in [0.15, 0.2) is 0 Å². The van der Waals surface area contributed by atoms with E-state index >= 15 is 0 Å². The molecule has 0 aromatic heterocycles. The average Bonchev–Trinajstić information content (AvgIpc) is 1.80. The lowest BCUT2D eigenvalue weighted by atomic mass is 10.4. The molecule has 0 spiro atoms. The Bertz CT molecular complexity index is 57.0. The second-order valence-corrected chi connectivity index (χ2v) is 2.13. The molecule has 0 fully saturated rings. The van der Waals surface area contributed by atoms with E-state index in [2.05, 4.69) is 0 Å². The fourth-order valence-corrected chi connectivity index (χ4v) is 0.436. The molecule has 0 saturated heterocycles. The first-order valence-electron chi connectivity index (χ1n) is 3.21. The van der Waals surface area contributed by atoms with Gasteiger partial charge in [-0.05, 0) is 13.3 Å². The maximum absolute atomic E-state index is 8.32. The molecule has 3 heteroatoms. The number of aliphatic hydroxyl groups is 1. The van der Waals surface area contributed by atoms with Gasteiger partial charge in [-0.15, -0.1) is 0 Å². The predicted molar refractivity (Wildman–Crippen MR) is 36.2 cm³/mol. The summed E-state index contributed by atoms with van der Waals surface area (Å²) in [5, 5.41) is 8.32. The van der Waals surface area contributed by atoms with Crippen LogP contribution in [0.15, 0.2) is 0 Å². The molecule has 0 rings (SSSR count). The molecule has 0 radical (unpaired) electrons. The zero-order chi connectivity index (χ0) is 7.11. The quantitative estimate of drug-likeness (QED) is 0.508. The van der Waals surface area contributed by atoms with E-state index in [1.165, 1.54) is 0 Å². The second kappa shape index (κ2) is 6.01. The third kappa shape index (κ3) is 7.88. The Morgan fingerprint density at radius 1 is 1.67 bits per heavy atom. The van der Waals surface area contributed by atoms with Crippen molar-refractivity contribution in [3.05, 3.63) is 0 Å². The maximum atomic E-state index is 8.32. The van der Waals surface area contributed by atoms with Crippen molar-refractivity contribution in [1.29, 1.82) is 0 Å². The molecular weight excluding hydrogens is 118 g/mol. The van der Waals surface area contributed by atoms with Crippen molar-refractivity contribution in [3.63, 3.8) is 0 Å². The van der Waals surface area contributed by atoms with E-state index in [9.17, 15) is 0 Å². The number of hydrogen-bond acceptors (Lipinski definition) is 3. The van der Waals surface area contributed by atoms with Crippen molar-refractivity contribution in [1.82, 2.24) is 0 Å². The fourth-order valence-electron chi connectivity index (χ4n) is 0.436. The fraction of sp³-hybridized carbons (Fsp3) is 1.00. The van der Waals surface area contributed by atoms with Crippen LogP contribution >= 0.6 is 0 Å². The van der Waals surface area contributed by atoms with E-state index in [1.54, 1.807) is 0 Å². The van der Waals surface area contributed by atoms with Gasteiger partial charge in [-0.1, -0.05) is 0 Å². The van der Waals surface area contributed by atoms with Gasteiger partial charge in [0.1, 0.15) is 0 Å². The van der Waals surface area contributed by atoms with Crippen LogP contribution in [0.25, 0.3) is 0 Å². The third-order valence-corrected chi connectivity index (χ3v) is 0.828. The van der Waals surface area contributed by atoms with E-state index in [0.29, 0.717) is 19.6 Å². The topological polar surface area (TPSA) is 55.5 Å².